The molecule has 0 spiro atoms. The van der Waals surface area contributed by atoms with Gasteiger partial charge in [0.25, 0.3) is 0 Å². The van der Waals surface area contributed by atoms with E-state index in [0.29, 0.717) is 31.4 Å². The molecule has 1 unspecified atom stereocenters. The van der Waals surface area contributed by atoms with Crippen molar-refractivity contribution in [1.29, 1.82) is 0 Å². The van der Waals surface area contributed by atoms with Crippen LogP contribution in [0.15, 0.2) is 48.2 Å². The van der Waals surface area contributed by atoms with E-state index in [9.17, 15) is 27.6 Å². The molecule has 0 bridgehead atoms. The number of halogens is 4. The number of benzene rings is 1. The Morgan fingerprint density at radius 1 is 1.14 bits per heavy atom. The van der Waals surface area contributed by atoms with Crippen LogP contribution in [0.5, 0.6) is 0 Å². The number of carboxylic acids is 1. The summed E-state index contributed by atoms with van der Waals surface area (Å²) >= 11 is 6.37. The van der Waals surface area contributed by atoms with Gasteiger partial charge >= 0.3 is 12.3 Å². The van der Waals surface area contributed by atoms with Crippen molar-refractivity contribution in [2.24, 2.45) is 0 Å². The molecule has 1 aromatic carbocycles. The maximum absolute atomic E-state index is 13.2. The minimum atomic E-state index is -5.02. The second-order valence-electron chi connectivity index (χ2n) is 8.43. The molecule has 11 heteroatoms. The van der Waals surface area contributed by atoms with Crippen LogP contribution >= 0.6 is 11.6 Å². The lowest BCUT2D eigenvalue weighted by Crippen LogP contribution is -2.52. The van der Waals surface area contributed by atoms with Crippen LogP contribution in [-0.2, 0) is 19.1 Å². The van der Waals surface area contributed by atoms with E-state index in [1.807, 2.05) is 0 Å². The fraction of sp³-hybridized carbons (Fsp3) is 0.458. The fourth-order valence-electron chi connectivity index (χ4n) is 4.28. The van der Waals surface area contributed by atoms with Crippen molar-refractivity contribution >= 4 is 35.0 Å². The molecule has 0 radical (unpaired) electrons. The number of likely N-dealkylation sites (tertiary alicyclic amines) is 1. The van der Waals surface area contributed by atoms with E-state index in [1.54, 1.807) is 30.3 Å². The Bertz CT molecular complexity index is 1010. The minimum Gasteiger partial charge on any atom is -0.481 e. The number of carbonyl (C=O) groups is 3. The normalized spacial score (nSPS) is 22.7. The molecule has 0 aromatic heterocycles. The minimum absolute atomic E-state index is 0.00777. The van der Waals surface area contributed by atoms with E-state index in [0.717, 1.165) is 0 Å². The molecule has 0 saturated carbocycles. The molecular weight excluding hydrogens is 489 g/mol. The van der Waals surface area contributed by atoms with Crippen molar-refractivity contribution < 1.29 is 37.4 Å². The van der Waals surface area contributed by atoms with Crippen molar-refractivity contribution in [2.45, 2.75) is 62.4 Å². The van der Waals surface area contributed by atoms with Crippen LogP contribution in [0.1, 0.15) is 50.5 Å². The summed E-state index contributed by atoms with van der Waals surface area (Å²) in [5, 5.41) is 9.09. The summed E-state index contributed by atoms with van der Waals surface area (Å²) in [5.74, 6) is -1.88. The monoisotopic (exact) mass is 514 g/mol. The summed E-state index contributed by atoms with van der Waals surface area (Å²) in [6.07, 6.45) is -0.853. The Morgan fingerprint density at radius 3 is 2.51 bits per heavy atom. The van der Waals surface area contributed by atoms with Crippen LogP contribution < -0.4 is 5.32 Å². The molecule has 1 heterocycles. The van der Waals surface area contributed by atoms with Crippen molar-refractivity contribution in [3.05, 3.63) is 53.7 Å². The SMILES string of the molecule is O=C(O)CCCC(=O)N1CCCC[C@@H]1C(=O)NC1=CC=C(c2ccccc2)C(Cl)(OC(F)(F)F)C1. The molecule has 1 aliphatic carbocycles. The number of rotatable bonds is 8. The third kappa shape index (κ3) is 7.32. The highest BCUT2D eigenvalue weighted by atomic mass is 35.5. The number of alkyl halides is 4. The lowest BCUT2D eigenvalue weighted by molar-refractivity contribution is -0.342. The van der Waals surface area contributed by atoms with Gasteiger partial charge in [-0.3, -0.25) is 19.1 Å². The number of aliphatic carboxylic acids is 1. The van der Waals surface area contributed by atoms with E-state index < -0.39 is 35.8 Å². The van der Waals surface area contributed by atoms with Crippen molar-refractivity contribution in [1.82, 2.24) is 10.2 Å². The van der Waals surface area contributed by atoms with E-state index in [1.165, 1.54) is 17.1 Å². The van der Waals surface area contributed by atoms with Crippen LogP contribution in [0.3, 0.4) is 0 Å². The van der Waals surface area contributed by atoms with Crippen molar-refractivity contribution in [3.63, 3.8) is 0 Å². The Kier molecular flexibility index (Phi) is 8.60. The zero-order chi connectivity index (χ0) is 25.6. The van der Waals surface area contributed by atoms with Gasteiger partial charge in [0.2, 0.25) is 11.8 Å². The lowest BCUT2D eigenvalue weighted by Gasteiger charge is -2.37. The molecule has 2 atom stereocenters. The Balaban J connectivity index is 1.77. The third-order valence-corrected chi connectivity index (χ3v) is 6.24. The Morgan fingerprint density at radius 2 is 1.86 bits per heavy atom. The first-order valence-corrected chi connectivity index (χ1v) is 11.6. The lowest BCUT2D eigenvalue weighted by atomic mass is 9.92. The number of nitrogens with one attached hydrogen (secondary N) is 1. The Hall–Kier alpha value is -2.85. The number of allylic oxidation sites excluding steroid dienone is 2. The molecule has 3 rings (SSSR count). The quantitative estimate of drug-likeness (QED) is 0.495. The predicted molar refractivity (Wildman–Crippen MR) is 122 cm³/mol. The first-order chi connectivity index (χ1) is 16.5. The average molecular weight is 515 g/mol. The summed E-state index contributed by atoms with van der Waals surface area (Å²) < 4.78 is 44.0. The van der Waals surface area contributed by atoms with Crippen LogP contribution in [0.2, 0.25) is 0 Å². The second kappa shape index (κ2) is 11.3. The molecule has 1 aromatic rings. The molecule has 1 fully saturated rings. The van der Waals surface area contributed by atoms with Gasteiger partial charge in [-0.15, -0.1) is 13.2 Å². The van der Waals surface area contributed by atoms with Gasteiger partial charge in [-0.05, 0) is 37.3 Å². The number of nitrogens with zero attached hydrogens (tertiary/aromatic N) is 1. The van der Waals surface area contributed by atoms with E-state index in [2.05, 4.69) is 10.1 Å². The number of carbonyl (C=O) groups excluding carboxylic acids is 2. The third-order valence-electron chi connectivity index (χ3n) is 5.82. The summed E-state index contributed by atoms with van der Waals surface area (Å²) in [7, 11) is 0. The highest BCUT2D eigenvalue weighted by Gasteiger charge is 2.47. The highest BCUT2D eigenvalue weighted by molar-refractivity contribution is 6.29. The van der Waals surface area contributed by atoms with Crippen molar-refractivity contribution in [3.8, 4) is 0 Å². The molecule has 2 aliphatic rings. The number of hydrogen-bond donors (Lipinski definition) is 2. The standard InChI is InChI=1S/C24H26ClF3N2O5/c25-23(35-24(26,27)28)15-17(12-13-18(23)16-7-2-1-3-8-16)29-22(34)19-9-4-5-14-30(19)20(31)10-6-11-21(32)33/h1-3,7-8,12-13,19H,4-6,9-11,14-15H2,(H,29,34)(H,32,33)/t19-,23?/m1/s1. The van der Waals surface area contributed by atoms with Gasteiger partial charge in [-0.25, -0.2) is 0 Å². The number of carboxylic acid groups (broad SMARTS) is 1. The average Bonchev–Trinajstić information content (AvgIpc) is 2.78. The summed E-state index contributed by atoms with van der Waals surface area (Å²) in [4.78, 5) is 37.8. The first-order valence-electron chi connectivity index (χ1n) is 11.2. The van der Waals surface area contributed by atoms with Gasteiger partial charge < -0.3 is 15.3 Å². The number of amides is 2. The van der Waals surface area contributed by atoms with Gasteiger partial charge in [-0.1, -0.05) is 48.0 Å². The maximum Gasteiger partial charge on any atom is 0.524 e. The van der Waals surface area contributed by atoms with Gasteiger partial charge in [-0.2, -0.15) is 0 Å². The van der Waals surface area contributed by atoms with E-state index >= 15 is 0 Å². The van der Waals surface area contributed by atoms with Gasteiger partial charge in [0.15, 0.2) is 5.06 Å². The topological polar surface area (TPSA) is 95.9 Å². The number of hydrogen-bond acceptors (Lipinski definition) is 4. The first kappa shape index (κ1) is 26.7. The summed E-state index contributed by atoms with van der Waals surface area (Å²) in [5.41, 5.74) is 0.666. The van der Waals surface area contributed by atoms with Crippen molar-refractivity contribution in [2.75, 3.05) is 6.54 Å². The fourth-order valence-corrected chi connectivity index (χ4v) is 4.68. The molecule has 1 aliphatic heterocycles. The maximum atomic E-state index is 13.2. The summed E-state index contributed by atoms with van der Waals surface area (Å²) in [6.45, 7) is 0.345. The van der Waals surface area contributed by atoms with E-state index in [-0.39, 0.29) is 36.4 Å². The predicted octanol–water partition coefficient (Wildman–Crippen LogP) is 4.58. The number of ether oxygens (including phenoxy) is 1. The molecule has 1 saturated heterocycles. The second-order valence-corrected chi connectivity index (χ2v) is 9.04. The molecule has 2 amide bonds. The largest absolute Gasteiger partial charge is 0.524 e. The number of piperidine rings is 1. The van der Waals surface area contributed by atoms with Crippen LogP contribution in [0, 0.1) is 0 Å². The van der Waals surface area contributed by atoms with Crippen LogP contribution in [-0.4, -0.2) is 51.8 Å². The van der Waals surface area contributed by atoms with Gasteiger partial charge in [0, 0.05) is 37.1 Å². The van der Waals surface area contributed by atoms with Gasteiger partial charge in [0.05, 0.1) is 0 Å². The van der Waals surface area contributed by atoms with Crippen LogP contribution in [0.4, 0.5) is 13.2 Å². The molecule has 2 N–H and O–H groups in total. The summed E-state index contributed by atoms with van der Waals surface area (Å²) in [6, 6.07) is 7.44. The molecular formula is C24H26ClF3N2O5. The molecule has 190 valence electrons. The Labute approximate surface area is 205 Å². The highest BCUT2D eigenvalue weighted by Crippen LogP contribution is 2.45. The molecule has 35 heavy (non-hydrogen) atoms. The molecule has 7 nitrogen and oxygen atoms in total. The van der Waals surface area contributed by atoms with E-state index in [4.69, 9.17) is 16.7 Å². The van der Waals surface area contributed by atoms with Crippen LogP contribution in [0.25, 0.3) is 5.57 Å². The van der Waals surface area contributed by atoms with Gasteiger partial charge in [0.1, 0.15) is 6.04 Å². The smallest absolute Gasteiger partial charge is 0.481 e. The zero-order valence-corrected chi connectivity index (χ0v) is 19.6. The zero-order valence-electron chi connectivity index (χ0n) is 18.8.